The number of aromatic nitrogens is 3. The van der Waals surface area contributed by atoms with E-state index in [9.17, 15) is 9.59 Å². The van der Waals surface area contributed by atoms with Crippen molar-refractivity contribution in [2.75, 3.05) is 7.11 Å². The minimum absolute atomic E-state index is 0.198. The zero-order chi connectivity index (χ0) is 25.6. The number of hydrogen-bond acceptors (Lipinski definition) is 3. The molecule has 5 aromatic rings. The van der Waals surface area contributed by atoms with E-state index in [0.29, 0.717) is 37.8 Å². The molecule has 5 rings (SSSR count). The number of rotatable bonds is 6. The molecule has 0 radical (unpaired) electrons. The lowest BCUT2D eigenvalue weighted by atomic mass is 9.86. The van der Waals surface area contributed by atoms with Crippen LogP contribution in [-0.2, 0) is 0 Å². The highest BCUT2D eigenvalue weighted by atomic mass is 35.5. The minimum atomic E-state index is -0.823. The smallest absolute Gasteiger partial charge is 0.271 e. The Morgan fingerprint density at radius 1 is 0.917 bits per heavy atom. The molecule has 0 aliphatic rings. The molecule has 3 aromatic carbocycles. The number of nitrogens with zero attached hydrogens (tertiary/aromatic N) is 1. The lowest BCUT2D eigenvalue weighted by molar-refractivity contribution is 0.0972. The zero-order valence-corrected chi connectivity index (χ0v) is 21.5. The topological polar surface area (TPSA) is 79.9 Å². The third-order valence-corrected chi connectivity index (χ3v) is 6.77. The Balaban J connectivity index is 1.74. The maximum atomic E-state index is 14.0. The molecule has 36 heavy (non-hydrogen) atoms. The summed E-state index contributed by atoms with van der Waals surface area (Å²) >= 11 is 18.4. The monoisotopic (exact) mass is 539 g/mol. The number of aryl methyl sites for hydroxylation is 1. The van der Waals surface area contributed by atoms with Gasteiger partial charge in [0.15, 0.2) is 5.78 Å². The fourth-order valence-corrected chi connectivity index (χ4v) is 5.10. The third kappa shape index (κ3) is 4.44. The molecule has 0 aliphatic heterocycles. The van der Waals surface area contributed by atoms with Crippen LogP contribution >= 0.6 is 34.8 Å². The summed E-state index contributed by atoms with van der Waals surface area (Å²) in [6.07, 6.45) is 0. The first-order chi connectivity index (χ1) is 17.2. The number of ketones is 1. The van der Waals surface area contributed by atoms with E-state index in [1.165, 1.54) is 10.7 Å². The van der Waals surface area contributed by atoms with Gasteiger partial charge in [-0.3, -0.25) is 14.7 Å². The number of benzene rings is 3. The van der Waals surface area contributed by atoms with E-state index in [1.54, 1.807) is 49.6 Å². The molecule has 0 aliphatic carbocycles. The molecule has 0 spiro atoms. The molecule has 1 atom stereocenters. The fourth-order valence-electron chi connectivity index (χ4n) is 4.46. The molecule has 6 nitrogen and oxygen atoms in total. The number of fused-ring (bicyclic) bond motifs is 1. The van der Waals surface area contributed by atoms with Crippen LogP contribution in [0.2, 0.25) is 15.1 Å². The zero-order valence-electron chi connectivity index (χ0n) is 19.2. The van der Waals surface area contributed by atoms with E-state index >= 15 is 0 Å². The van der Waals surface area contributed by atoms with Gasteiger partial charge in [-0.2, -0.15) is 0 Å². The molecular weight excluding hydrogens is 521 g/mol. The van der Waals surface area contributed by atoms with E-state index < -0.39 is 5.92 Å². The van der Waals surface area contributed by atoms with E-state index in [-0.39, 0.29) is 11.3 Å². The Labute approximate surface area is 221 Å². The summed E-state index contributed by atoms with van der Waals surface area (Å²) in [5, 5.41) is 5.22. The van der Waals surface area contributed by atoms with Gasteiger partial charge in [0.05, 0.1) is 24.4 Å². The molecule has 0 bridgehead atoms. The number of hydrogen-bond donors (Lipinski definition) is 2. The molecule has 0 fully saturated rings. The van der Waals surface area contributed by atoms with Crippen molar-refractivity contribution in [2.45, 2.75) is 12.8 Å². The predicted octanol–water partition coefficient (Wildman–Crippen LogP) is 6.94. The van der Waals surface area contributed by atoms with Gasteiger partial charge >= 0.3 is 0 Å². The number of aromatic amines is 2. The number of ether oxygens (including phenoxy) is 1. The van der Waals surface area contributed by atoms with Crippen LogP contribution in [0.5, 0.6) is 5.75 Å². The van der Waals surface area contributed by atoms with Crippen molar-refractivity contribution in [3.8, 4) is 11.4 Å². The second-order valence-electron chi connectivity index (χ2n) is 8.39. The highest BCUT2D eigenvalue weighted by Gasteiger charge is 2.31. The van der Waals surface area contributed by atoms with Gasteiger partial charge in [0, 0.05) is 43.3 Å². The van der Waals surface area contributed by atoms with Gasteiger partial charge in [0.25, 0.3) is 5.56 Å². The molecule has 0 amide bonds. The van der Waals surface area contributed by atoms with Crippen LogP contribution in [0.15, 0.2) is 71.5 Å². The number of halogens is 3. The van der Waals surface area contributed by atoms with E-state index in [2.05, 4.69) is 10.1 Å². The Morgan fingerprint density at radius 2 is 1.61 bits per heavy atom. The maximum absolute atomic E-state index is 14.0. The highest BCUT2D eigenvalue weighted by Crippen LogP contribution is 2.37. The van der Waals surface area contributed by atoms with Crippen molar-refractivity contribution in [2.24, 2.45) is 0 Å². The summed E-state index contributed by atoms with van der Waals surface area (Å²) < 4.78 is 6.75. The Kier molecular flexibility index (Phi) is 6.43. The Bertz CT molecular complexity index is 1650. The van der Waals surface area contributed by atoms with Gasteiger partial charge in [0.2, 0.25) is 0 Å². The fraction of sp³-hybridized carbons (Fsp3) is 0.111. The number of carbonyl (C=O) groups excluding carboxylic acids is 1. The first-order valence-corrected chi connectivity index (χ1v) is 12.1. The number of methoxy groups -OCH3 is 1. The van der Waals surface area contributed by atoms with E-state index in [0.717, 1.165) is 22.2 Å². The van der Waals surface area contributed by atoms with Crippen LogP contribution in [-0.4, -0.2) is 27.7 Å². The van der Waals surface area contributed by atoms with Crippen molar-refractivity contribution in [3.05, 3.63) is 115 Å². The summed E-state index contributed by atoms with van der Waals surface area (Å²) in [5.41, 5.74) is 3.36. The molecule has 0 saturated heterocycles. The van der Waals surface area contributed by atoms with Gasteiger partial charge in [-0.25, -0.2) is 4.68 Å². The van der Waals surface area contributed by atoms with Gasteiger partial charge in [-0.15, -0.1) is 0 Å². The van der Waals surface area contributed by atoms with Gasteiger partial charge in [-0.05, 0) is 73.2 Å². The van der Waals surface area contributed by atoms with Crippen LogP contribution in [0.4, 0.5) is 0 Å². The third-order valence-electron chi connectivity index (χ3n) is 6.08. The molecule has 1 unspecified atom stereocenters. The van der Waals surface area contributed by atoms with Crippen LogP contribution in [0, 0.1) is 6.92 Å². The molecule has 2 N–H and O–H groups in total. The van der Waals surface area contributed by atoms with E-state index in [4.69, 9.17) is 39.5 Å². The number of Topliss-reactive ketones (excluding diaryl/α,β-unsaturated/α-hetero) is 1. The average molecular weight is 541 g/mol. The second-order valence-corrected chi connectivity index (χ2v) is 9.70. The van der Waals surface area contributed by atoms with Crippen LogP contribution in [0.3, 0.4) is 0 Å². The number of H-pyrrole nitrogens is 2. The maximum Gasteiger partial charge on any atom is 0.271 e. The van der Waals surface area contributed by atoms with Gasteiger partial charge < -0.3 is 9.72 Å². The van der Waals surface area contributed by atoms with Crippen molar-refractivity contribution >= 4 is 51.5 Å². The average Bonchev–Trinajstić information content (AvgIpc) is 3.38. The molecule has 2 aromatic heterocycles. The minimum Gasteiger partial charge on any atom is -0.497 e. The van der Waals surface area contributed by atoms with Crippen molar-refractivity contribution in [1.82, 2.24) is 14.8 Å². The number of carbonyl (C=O) groups is 1. The highest BCUT2D eigenvalue weighted by molar-refractivity contribution is 6.34. The molecule has 9 heteroatoms. The van der Waals surface area contributed by atoms with Gasteiger partial charge in [-0.1, -0.05) is 34.8 Å². The Morgan fingerprint density at radius 3 is 2.28 bits per heavy atom. The van der Waals surface area contributed by atoms with Crippen LogP contribution in [0.25, 0.3) is 16.6 Å². The lowest BCUT2D eigenvalue weighted by Crippen LogP contribution is -2.16. The Hall–Kier alpha value is -3.45. The number of nitrogens with one attached hydrogen (secondary N) is 2. The SMILES string of the molecule is COc1ccc2[nH]c(C)c(C(C(=O)c3ccc(Cl)cc3)c3cc(=O)n(-c4cc(Cl)cc(Cl)c4)[nH]3)c2c1. The second kappa shape index (κ2) is 9.54. The quantitative estimate of drug-likeness (QED) is 0.229. The largest absolute Gasteiger partial charge is 0.497 e. The normalized spacial score (nSPS) is 12.1. The summed E-state index contributed by atoms with van der Waals surface area (Å²) in [7, 11) is 1.59. The predicted molar refractivity (Wildman–Crippen MR) is 144 cm³/mol. The standard InChI is InChI=1S/C27H20Cl3N3O3/c1-14-25(21-12-20(36-2)7-8-22(21)31-14)26(27(35)15-3-5-16(28)6-4-15)23-13-24(34)33(32-23)19-10-17(29)9-18(30)11-19/h3-13,26,31-32H,1-2H3. The lowest BCUT2D eigenvalue weighted by Gasteiger charge is -2.16. The first-order valence-electron chi connectivity index (χ1n) is 11.0. The van der Waals surface area contributed by atoms with Crippen LogP contribution < -0.4 is 10.3 Å². The summed E-state index contributed by atoms with van der Waals surface area (Å²) in [5.74, 6) is -0.369. The molecular formula is C27H20Cl3N3O3. The van der Waals surface area contributed by atoms with Crippen molar-refractivity contribution in [3.63, 3.8) is 0 Å². The molecule has 182 valence electrons. The van der Waals surface area contributed by atoms with Crippen molar-refractivity contribution in [1.29, 1.82) is 0 Å². The first kappa shape index (κ1) is 24.3. The van der Waals surface area contributed by atoms with Gasteiger partial charge in [0.1, 0.15) is 5.75 Å². The molecule has 2 heterocycles. The molecule has 0 saturated carbocycles. The summed E-state index contributed by atoms with van der Waals surface area (Å²) in [6, 6.07) is 18.5. The van der Waals surface area contributed by atoms with Crippen molar-refractivity contribution < 1.29 is 9.53 Å². The van der Waals surface area contributed by atoms with E-state index in [1.807, 2.05) is 25.1 Å². The van der Waals surface area contributed by atoms with Crippen LogP contribution in [0.1, 0.15) is 33.2 Å². The summed E-state index contributed by atoms with van der Waals surface area (Å²) in [4.78, 5) is 30.4. The summed E-state index contributed by atoms with van der Waals surface area (Å²) in [6.45, 7) is 1.90.